The quantitative estimate of drug-likeness (QED) is 0.805. The molecule has 24 heavy (non-hydrogen) atoms. The number of allylic oxidation sites excluding steroid dienone is 1. The van der Waals surface area contributed by atoms with Crippen molar-refractivity contribution in [1.29, 1.82) is 0 Å². The van der Waals surface area contributed by atoms with Gasteiger partial charge in [0, 0.05) is 18.4 Å². The van der Waals surface area contributed by atoms with E-state index in [1.807, 2.05) is 0 Å². The van der Waals surface area contributed by atoms with Crippen molar-refractivity contribution in [1.82, 2.24) is 0 Å². The van der Waals surface area contributed by atoms with Crippen LogP contribution in [0.2, 0.25) is 0 Å². The third kappa shape index (κ3) is 3.25. The minimum absolute atomic E-state index is 0.00163. The Kier molecular flexibility index (Phi) is 4.78. The lowest BCUT2D eigenvalue weighted by Gasteiger charge is -2.33. The molecule has 0 radical (unpaired) electrons. The fourth-order valence-electron chi connectivity index (χ4n) is 2.83. The van der Waals surface area contributed by atoms with Crippen LogP contribution in [0.1, 0.15) is 23.2 Å². The van der Waals surface area contributed by atoms with Gasteiger partial charge in [-0.25, -0.2) is 0 Å². The molecule has 3 rings (SSSR count). The molecule has 2 atom stereocenters. The van der Waals surface area contributed by atoms with Crippen LogP contribution >= 0.6 is 0 Å². The number of fused-ring (bicyclic) bond motifs is 1. The number of benzene rings is 1. The summed E-state index contributed by atoms with van der Waals surface area (Å²) in [5.41, 5.74) is 0.332. The lowest BCUT2D eigenvalue weighted by molar-refractivity contribution is -0.124. The van der Waals surface area contributed by atoms with Crippen LogP contribution in [0.5, 0.6) is 0 Å². The number of hydrogen-bond acceptors (Lipinski definition) is 6. The van der Waals surface area contributed by atoms with Gasteiger partial charge < -0.3 is 19.7 Å². The zero-order valence-corrected chi connectivity index (χ0v) is 13.0. The number of aliphatic hydroxyl groups excluding tert-OH is 2. The van der Waals surface area contributed by atoms with Gasteiger partial charge in [0.25, 0.3) is 0 Å². The van der Waals surface area contributed by atoms with Crippen molar-refractivity contribution >= 4 is 11.6 Å². The van der Waals surface area contributed by atoms with Crippen LogP contribution in [0.3, 0.4) is 0 Å². The lowest BCUT2D eigenvalue weighted by atomic mass is 9.92. The summed E-state index contributed by atoms with van der Waals surface area (Å²) in [6, 6.07) is 8.66. The van der Waals surface area contributed by atoms with Crippen molar-refractivity contribution in [3.05, 3.63) is 59.1 Å². The van der Waals surface area contributed by atoms with Gasteiger partial charge in [0.15, 0.2) is 11.6 Å². The molecule has 1 saturated heterocycles. The first kappa shape index (κ1) is 16.4. The Morgan fingerprint density at radius 3 is 2.42 bits per heavy atom. The van der Waals surface area contributed by atoms with Crippen LogP contribution < -0.4 is 0 Å². The normalized spacial score (nSPS) is 23.4. The van der Waals surface area contributed by atoms with E-state index in [2.05, 4.69) is 0 Å². The Bertz CT molecular complexity index is 703. The van der Waals surface area contributed by atoms with Crippen LogP contribution in [-0.2, 0) is 14.3 Å². The van der Waals surface area contributed by atoms with Crippen molar-refractivity contribution in [2.24, 2.45) is 0 Å². The van der Waals surface area contributed by atoms with Crippen molar-refractivity contribution in [2.45, 2.75) is 25.0 Å². The maximum atomic E-state index is 12.4. The molecular formula is C18H18O6. The summed E-state index contributed by atoms with van der Waals surface area (Å²) in [7, 11) is 0. The number of carbonyl (C=O) groups excluding carboxylic acids is 2. The topological polar surface area (TPSA) is 93.1 Å². The molecule has 1 aliphatic carbocycles. The molecule has 1 aromatic rings. The third-order valence-corrected chi connectivity index (χ3v) is 4.05. The Hall–Kier alpha value is -2.44. The minimum Gasteiger partial charge on any atom is -0.509 e. The van der Waals surface area contributed by atoms with Gasteiger partial charge in [-0.3, -0.25) is 9.59 Å². The highest BCUT2D eigenvalue weighted by atomic mass is 16.6. The number of rotatable bonds is 5. The zero-order valence-electron chi connectivity index (χ0n) is 13.0. The number of hydrogen-bond donors (Lipinski definition) is 2. The molecule has 2 N–H and O–H groups in total. The Balaban J connectivity index is 1.70. The van der Waals surface area contributed by atoms with E-state index in [9.17, 15) is 19.8 Å². The first-order valence-corrected chi connectivity index (χ1v) is 7.77. The first-order chi connectivity index (χ1) is 11.6. The Morgan fingerprint density at radius 1 is 1.00 bits per heavy atom. The van der Waals surface area contributed by atoms with Gasteiger partial charge in [0.05, 0.1) is 18.8 Å². The Morgan fingerprint density at radius 2 is 1.67 bits per heavy atom. The summed E-state index contributed by atoms with van der Waals surface area (Å²) in [5, 5.41) is 20.3. The molecule has 0 spiro atoms. The molecule has 1 fully saturated rings. The molecule has 1 aliphatic heterocycles. The summed E-state index contributed by atoms with van der Waals surface area (Å²) in [4.78, 5) is 24.4. The predicted octanol–water partition coefficient (Wildman–Crippen LogP) is 2.27. The summed E-state index contributed by atoms with van der Waals surface area (Å²) < 4.78 is 10.8. The highest BCUT2D eigenvalue weighted by Gasteiger charge is 2.38. The Labute approximate surface area is 139 Å². The second-order valence-electron chi connectivity index (χ2n) is 5.65. The SMILES string of the molecule is O=C(CCC(=O)c1ccccc1)C1=C(O)C2OCCOC2C=C1O. The van der Waals surface area contributed by atoms with E-state index in [0.717, 1.165) is 0 Å². The van der Waals surface area contributed by atoms with Gasteiger partial charge in [-0.05, 0) is 6.08 Å². The predicted molar refractivity (Wildman–Crippen MR) is 84.9 cm³/mol. The van der Waals surface area contributed by atoms with E-state index in [1.54, 1.807) is 30.3 Å². The van der Waals surface area contributed by atoms with Crippen LogP contribution in [0.15, 0.2) is 53.5 Å². The maximum absolute atomic E-state index is 12.4. The summed E-state index contributed by atoms with van der Waals surface area (Å²) >= 11 is 0. The van der Waals surface area contributed by atoms with Gasteiger partial charge >= 0.3 is 0 Å². The fraction of sp³-hybridized carbons (Fsp3) is 0.333. The van der Waals surface area contributed by atoms with E-state index >= 15 is 0 Å². The van der Waals surface area contributed by atoms with Gasteiger partial charge in [0.2, 0.25) is 0 Å². The van der Waals surface area contributed by atoms with Crippen molar-refractivity contribution in [3.8, 4) is 0 Å². The summed E-state index contributed by atoms with van der Waals surface area (Å²) in [5.74, 6) is -1.34. The van der Waals surface area contributed by atoms with E-state index in [0.29, 0.717) is 18.8 Å². The van der Waals surface area contributed by atoms with Crippen molar-refractivity contribution in [2.75, 3.05) is 13.2 Å². The highest BCUT2D eigenvalue weighted by Crippen LogP contribution is 2.30. The summed E-state index contributed by atoms with van der Waals surface area (Å²) in [6.07, 6.45) is -0.156. The van der Waals surface area contributed by atoms with Crippen molar-refractivity contribution in [3.63, 3.8) is 0 Å². The molecule has 0 aromatic heterocycles. The molecule has 0 amide bonds. The molecule has 0 bridgehead atoms. The highest BCUT2D eigenvalue weighted by molar-refractivity contribution is 6.04. The van der Waals surface area contributed by atoms with Crippen LogP contribution in [0.25, 0.3) is 0 Å². The summed E-state index contributed by atoms with van der Waals surface area (Å²) in [6.45, 7) is 0.654. The van der Waals surface area contributed by atoms with E-state index in [4.69, 9.17) is 9.47 Å². The standard InChI is InChI=1S/C18H18O6/c19-12(11-4-2-1-3-5-11)6-7-13(20)16-14(21)10-15-18(17(16)22)24-9-8-23-15/h1-5,10,15,18,21-22H,6-9H2. The average Bonchev–Trinajstić information content (AvgIpc) is 2.60. The second-order valence-corrected chi connectivity index (χ2v) is 5.65. The van der Waals surface area contributed by atoms with Crippen LogP contribution in [-0.4, -0.2) is 47.2 Å². The number of carbonyl (C=O) groups is 2. The van der Waals surface area contributed by atoms with Crippen LogP contribution in [0.4, 0.5) is 0 Å². The van der Waals surface area contributed by atoms with E-state index < -0.39 is 18.0 Å². The smallest absolute Gasteiger partial charge is 0.170 e. The lowest BCUT2D eigenvalue weighted by Crippen LogP contribution is -2.42. The molecule has 1 aromatic carbocycles. The molecule has 6 heteroatoms. The van der Waals surface area contributed by atoms with Crippen molar-refractivity contribution < 1.29 is 29.3 Å². The molecule has 0 saturated carbocycles. The van der Waals surface area contributed by atoms with E-state index in [1.165, 1.54) is 6.08 Å². The molecule has 2 aliphatic rings. The molecule has 1 heterocycles. The molecular weight excluding hydrogens is 312 g/mol. The van der Waals surface area contributed by atoms with E-state index in [-0.39, 0.29) is 35.7 Å². The number of ketones is 2. The second kappa shape index (κ2) is 6.98. The van der Waals surface area contributed by atoms with Gasteiger partial charge in [-0.15, -0.1) is 0 Å². The van der Waals surface area contributed by atoms with Gasteiger partial charge in [-0.1, -0.05) is 30.3 Å². The largest absolute Gasteiger partial charge is 0.509 e. The fourth-order valence-corrected chi connectivity index (χ4v) is 2.83. The maximum Gasteiger partial charge on any atom is 0.170 e. The monoisotopic (exact) mass is 330 g/mol. The number of ether oxygens (including phenoxy) is 2. The zero-order chi connectivity index (χ0) is 17.1. The number of aliphatic hydroxyl groups is 2. The number of Topliss-reactive ketones (excluding diaryl/α,β-unsaturated/α-hetero) is 2. The van der Waals surface area contributed by atoms with Crippen LogP contribution in [0, 0.1) is 0 Å². The average molecular weight is 330 g/mol. The first-order valence-electron chi connectivity index (χ1n) is 7.77. The third-order valence-electron chi connectivity index (χ3n) is 4.05. The van der Waals surface area contributed by atoms with Gasteiger partial charge in [0.1, 0.15) is 23.7 Å². The molecule has 2 unspecified atom stereocenters. The minimum atomic E-state index is -0.793. The molecule has 6 nitrogen and oxygen atoms in total. The molecule has 126 valence electrons. The van der Waals surface area contributed by atoms with Gasteiger partial charge in [-0.2, -0.15) is 0 Å².